The van der Waals surface area contributed by atoms with Crippen LogP contribution < -0.4 is 0 Å². The molecule has 5 atom stereocenters. The lowest BCUT2D eigenvalue weighted by Crippen LogP contribution is -2.30. The minimum absolute atomic E-state index is 0.106. The maximum absolute atomic E-state index is 13.1. The third kappa shape index (κ3) is 70.5. The van der Waals surface area contributed by atoms with Crippen molar-refractivity contribution in [2.24, 2.45) is 11.8 Å². The number of phosphoric acid groups is 2. The van der Waals surface area contributed by atoms with E-state index >= 15 is 0 Å². The number of aliphatic hydroxyl groups excluding tert-OH is 1. The minimum Gasteiger partial charge on any atom is -0.462 e. The Morgan fingerprint density at radius 1 is 0.281 bits per heavy atom. The predicted molar refractivity (Wildman–Crippen MR) is 391 cm³/mol. The van der Waals surface area contributed by atoms with Crippen LogP contribution in [-0.2, 0) is 65.4 Å². The molecule has 0 bridgehead atoms. The molecule has 0 spiro atoms. The van der Waals surface area contributed by atoms with Crippen molar-refractivity contribution < 1.29 is 80.2 Å². The Morgan fingerprint density at radius 2 is 0.479 bits per heavy atom. The lowest BCUT2D eigenvalue weighted by Gasteiger charge is -2.21. The highest BCUT2D eigenvalue weighted by Crippen LogP contribution is 2.45. The summed E-state index contributed by atoms with van der Waals surface area (Å²) in [5.74, 6) is -0.608. The molecule has 96 heavy (non-hydrogen) atoms. The van der Waals surface area contributed by atoms with Crippen LogP contribution in [0.2, 0.25) is 0 Å². The highest BCUT2D eigenvalue weighted by Gasteiger charge is 2.30. The number of phosphoric ester groups is 2. The fraction of sp³-hybridized carbons (Fsp3) is 0.948. The molecule has 0 heterocycles. The van der Waals surface area contributed by atoms with E-state index in [1.165, 1.54) is 218 Å². The van der Waals surface area contributed by atoms with Gasteiger partial charge in [-0.2, -0.15) is 0 Å². The number of rotatable bonds is 76. The molecular formula is C77H150O17P2. The van der Waals surface area contributed by atoms with Crippen molar-refractivity contribution in [1.29, 1.82) is 0 Å². The van der Waals surface area contributed by atoms with Crippen LogP contribution in [0.5, 0.6) is 0 Å². The number of esters is 4. The zero-order chi connectivity index (χ0) is 70.7. The molecule has 19 heteroatoms. The molecule has 0 radical (unpaired) electrons. The van der Waals surface area contributed by atoms with E-state index in [1.54, 1.807) is 0 Å². The summed E-state index contributed by atoms with van der Waals surface area (Å²) in [5.41, 5.74) is 0. The van der Waals surface area contributed by atoms with Crippen molar-refractivity contribution in [1.82, 2.24) is 0 Å². The topological polar surface area (TPSA) is 237 Å². The number of aliphatic hydroxyl groups is 1. The van der Waals surface area contributed by atoms with Crippen LogP contribution in [-0.4, -0.2) is 96.7 Å². The average molecular weight is 1410 g/mol. The molecule has 17 nitrogen and oxygen atoms in total. The molecule has 0 saturated heterocycles. The van der Waals surface area contributed by atoms with Gasteiger partial charge in [0.1, 0.15) is 19.3 Å². The molecule has 2 unspecified atom stereocenters. The van der Waals surface area contributed by atoms with E-state index in [0.29, 0.717) is 25.7 Å². The summed E-state index contributed by atoms with van der Waals surface area (Å²) in [6, 6.07) is 0. The minimum atomic E-state index is -4.96. The van der Waals surface area contributed by atoms with E-state index < -0.39 is 97.5 Å². The van der Waals surface area contributed by atoms with Gasteiger partial charge in [-0.1, -0.05) is 350 Å². The van der Waals surface area contributed by atoms with Gasteiger partial charge in [0.05, 0.1) is 26.4 Å². The van der Waals surface area contributed by atoms with Gasteiger partial charge in [0.15, 0.2) is 12.2 Å². The monoisotopic (exact) mass is 1410 g/mol. The summed E-state index contributed by atoms with van der Waals surface area (Å²) < 4.78 is 68.5. The first-order chi connectivity index (χ1) is 46.4. The first-order valence-corrected chi connectivity index (χ1v) is 43.0. The summed E-state index contributed by atoms with van der Waals surface area (Å²) in [5, 5.41) is 10.6. The van der Waals surface area contributed by atoms with Crippen LogP contribution in [0.25, 0.3) is 0 Å². The van der Waals surface area contributed by atoms with Crippen LogP contribution >= 0.6 is 15.6 Å². The van der Waals surface area contributed by atoms with Crippen LogP contribution in [0.4, 0.5) is 0 Å². The van der Waals surface area contributed by atoms with E-state index in [9.17, 15) is 43.2 Å². The SMILES string of the molecule is CCCCCCCCCCCCCCCCCCCCCCC(=O)O[C@H](COC(=O)CCCCCCCCCCCCCC(C)C)COP(=O)(O)OC[C@@H](O)COP(=O)(O)OC[C@@H](COC(=O)CCCCCCCCCCCC)OC(=O)CCCCCCCCCCCC(C)C. The van der Waals surface area contributed by atoms with Crippen molar-refractivity contribution in [3.63, 3.8) is 0 Å². The smallest absolute Gasteiger partial charge is 0.462 e. The van der Waals surface area contributed by atoms with Crippen LogP contribution in [0, 0.1) is 11.8 Å². The summed E-state index contributed by atoms with van der Waals surface area (Å²) in [7, 11) is -9.91. The molecular weight excluding hydrogens is 1260 g/mol. The molecule has 0 amide bonds. The molecule has 0 rings (SSSR count). The summed E-state index contributed by atoms with van der Waals surface area (Å²) in [4.78, 5) is 72.8. The van der Waals surface area contributed by atoms with Crippen LogP contribution in [0.3, 0.4) is 0 Å². The predicted octanol–water partition coefficient (Wildman–Crippen LogP) is 22.7. The standard InChI is InChI=1S/C77H150O17P2/c1-7-9-11-13-15-17-19-20-21-22-23-24-25-26-27-30-37-43-49-55-61-76(81)93-72(66-88-75(80)60-54-48-42-36-31-28-29-33-39-45-51-57-69(3)4)67-91-95(83,84)89-63-71(78)64-90-96(85,86)92-68-73(65-87-74(79)59-53-47-41-35-18-16-14-12-10-8-2)94-77(82)62-56-50-44-38-32-34-40-46-52-58-70(5)6/h69-73,78H,7-68H2,1-6H3,(H,83,84)(H,85,86)/t71-,72-,73-/m1/s1. The third-order valence-corrected chi connectivity index (χ3v) is 19.9. The molecule has 0 aromatic rings. The number of ether oxygens (including phenoxy) is 4. The average Bonchev–Trinajstić information content (AvgIpc) is 1.17. The Labute approximate surface area is 588 Å². The van der Waals surface area contributed by atoms with Gasteiger partial charge in [0.2, 0.25) is 0 Å². The van der Waals surface area contributed by atoms with E-state index in [1.807, 2.05) is 0 Å². The molecule has 3 N–H and O–H groups in total. The maximum Gasteiger partial charge on any atom is 0.472 e. The third-order valence-electron chi connectivity index (χ3n) is 18.0. The largest absolute Gasteiger partial charge is 0.472 e. The van der Waals surface area contributed by atoms with E-state index in [-0.39, 0.29) is 25.7 Å². The zero-order valence-electron chi connectivity index (χ0n) is 62.7. The number of hydrogen-bond donors (Lipinski definition) is 3. The van der Waals surface area contributed by atoms with Gasteiger partial charge in [0.25, 0.3) is 0 Å². The zero-order valence-corrected chi connectivity index (χ0v) is 64.5. The van der Waals surface area contributed by atoms with Gasteiger partial charge in [-0.3, -0.25) is 37.3 Å². The van der Waals surface area contributed by atoms with Crippen molar-refractivity contribution in [3.05, 3.63) is 0 Å². The highest BCUT2D eigenvalue weighted by atomic mass is 31.2. The van der Waals surface area contributed by atoms with Crippen molar-refractivity contribution in [3.8, 4) is 0 Å². The molecule has 0 aromatic heterocycles. The van der Waals surface area contributed by atoms with Crippen molar-refractivity contribution in [2.75, 3.05) is 39.6 Å². The number of carbonyl (C=O) groups excluding carboxylic acids is 4. The summed E-state index contributed by atoms with van der Waals surface area (Å²) in [6.07, 6.45) is 56.9. The van der Waals surface area contributed by atoms with E-state index in [2.05, 4.69) is 41.5 Å². The van der Waals surface area contributed by atoms with Gasteiger partial charge in [-0.25, -0.2) is 9.13 Å². The summed E-state index contributed by atoms with van der Waals surface area (Å²) >= 11 is 0. The molecule has 0 saturated carbocycles. The normalized spacial score (nSPS) is 14.0. The second-order valence-electron chi connectivity index (χ2n) is 28.7. The molecule has 0 aliphatic rings. The van der Waals surface area contributed by atoms with E-state index in [4.69, 9.17) is 37.0 Å². The Kier molecular flexibility index (Phi) is 67.4. The quantitative estimate of drug-likeness (QED) is 0.0222. The van der Waals surface area contributed by atoms with Gasteiger partial charge < -0.3 is 33.8 Å². The second kappa shape index (κ2) is 68.8. The highest BCUT2D eigenvalue weighted by molar-refractivity contribution is 7.47. The van der Waals surface area contributed by atoms with Crippen LogP contribution in [0.1, 0.15) is 401 Å². The van der Waals surface area contributed by atoms with Crippen LogP contribution in [0.15, 0.2) is 0 Å². The Bertz CT molecular complexity index is 1860. The Hall–Kier alpha value is -1.94. The Morgan fingerprint density at radius 3 is 0.708 bits per heavy atom. The van der Waals surface area contributed by atoms with Gasteiger partial charge in [-0.15, -0.1) is 0 Å². The lowest BCUT2D eigenvalue weighted by molar-refractivity contribution is -0.161. The molecule has 570 valence electrons. The lowest BCUT2D eigenvalue weighted by atomic mass is 10.0. The van der Waals surface area contributed by atoms with Gasteiger partial charge in [-0.05, 0) is 37.5 Å². The first-order valence-electron chi connectivity index (χ1n) is 40.0. The van der Waals surface area contributed by atoms with Gasteiger partial charge in [0, 0.05) is 25.7 Å². The number of carbonyl (C=O) groups is 4. The number of hydrogen-bond acceptors (Lipinski definition) is 15. The van der Waals surface area contributed by atoms with Crippen molar-refractivity contribution >= 4 is 39.5 Å². The Balaban J connectivity index is 5.22. The van der Waals surface area contributed by atoms with Gasteiger partial charge >= 0.3 is 39.5 Å². The second-order valence-corrected chi connectivity index (χ2v) is 31.6. The van der Waals surface area contributed by atoms with E-state index in [0.717, 1.165) is 102 Å². The maximum atomic E-state index is 13.1. The first kappa shape index (κ1) is 94.1. The molecule has 0 fully saturated rings. The van der Waals surface area contributed by atoms with Crippen molar-refractivity contribution in [2.45, 2.75) is 419 Å². The molecule has 0 aliphatic heterocycles. The fourth-order valence-electron chi connectivity index (χ4n) is 11.8. The molecule has 0 aliphatic carbocycles. The molecule has 0 aromatic carbocycles. The fourth-order valence-corrected chi connectivity index (χ4v) is 13.4. The summed E-state index contributed by atoms with van der Waals surface area (Å²) in [6.45, 7) is 9.57. The number of unbranched alkanes of at least 4 members (excludes halogenated alkanes) is 46.